The first-order valence-electron chi connectivity index (χ1n) is 4.92. The number of rotatable bonds is 3. The van der Waals surface area contributed by atoms with Crippen molar-refractivity contribution in [3.63, 3.8) is 0 Å². The molecule has 1 aromatic carbocycles. The summed E-state index contributed by atoms with van der Waals surface area (Å²) in [5.41, 5.74) is 1.63. The number of fused-ring (bicyclic) bond motifs is 1. The molecule has 0 bridgehead atoms. The summed E-state index contributed by atoms with van der Waals surface area (Å²) in [4.78, 5) is 15.0. The molecule has 0 aliphatic carbocycles. The number of carboxylic acid groups (broad SMARTS) is 1. The van der Waals surface area contributed by atoms with Crippen LogP contribution in [0, 0.1) is 0 Å². The summed E-state index contributed by atoms with van der Waals surface area (Å²) in [5.74, 6) is -0.918. The van der Waals surface area contributed by atoms with Crippen molar-refractivity contribution in [2.45, 2.75) is 11.7 Å². The van der Waals surface area contributed by atoms with E-state index in [1.807, 2.05) is 36.4 Å². The molecular formula is C12H11NO2S. The Bertz CT molecular complexity index is 527. The standard InChI is InChI=1S/C12H11NO2S/c14-12(15)11(16)7-9-6-5-8-3-1-2-4-10(8)13-9/h1-6,11,16H,7H2,(H,14,15). The van der Waals surface area contributed by atoms with E-state index in [1.165, 1.54) is 0 Å². The maximum absolute atomic E-state index is 10.7. The van der Waals surface area contributed by atoms with Crippen molar-refractivity contribution in [3.8, 4) is 0 Å². The van der Waals surface area contributed by atoms with Gasteiger partial charge in [-0.2, -0.15) is 12.6 Å². The van der Waals surface area contributed by atoms with Gasteiger partial charge < -0.3 is 5.11 Å². The van der Waals surface area contributed by atoms with Gasteiger partial charge in [0.1, 0.15) is 5.25 Å². The number of carboxylic acids is 1. The Morgan fingerprint density at radius 1 is 1.31 bits per heavy atom. The first-order valence-corrected chi connectivity index (χ1v) is 5.44. The second-order valence-electron chi connectivity index (χ2n) is 3.55. The topological polar surface area (TPSA) is 50.2 Å². The third-order valence-electron chi connectivity index (χ3n) is 2.34. The number of aliphatic carboxylic acids is 1. The van der Waals surface area contributed by atoms with Gasteiger partial charge in [-0.1, -0.05) is 24.3 Å². The molecule has 1 N–H and O–H groups in total. The number of para-hydroxylation sites is 1. The number of nitrogens with zero attached hydrogens (tertiary/aromatic N) is 1. The number of pyridine rings is 1. The summed E-state index contributed by atoms with van der Waals surface area (Å²) in [6.07, 6.45) is 0.337. The molecule has 0 aliphatic heterocycles. The number of hydrogen-bond donors (Lipinski definition) is 2. The Morgan fingerprint density at radius 2 is 2.06 bits per heavy atom. The SMILES string of the molecule is O=C(O)C(S)Cc1ccc2ccccc2n1. The molecule has 0 saturated heterocycles. The van der Waals surface area contributed by atoms with Gasteiger partial charge in [-0.05, 0) is 12.1 Å². The minimum Gasteiger partial charge on any atom is -0.480 e. The molecule has 2 aromatic rings. The minimum absolute atomic E-state index is 0.337. The molecule has 16 heavy (non-hydrogen) atoms. The fourth-order valence-corrected chi connectivity index (χ4v) is 1.69. The van der Waals surface area contributed by atoms with Crippen LogP contribution in [0.1, 0.15) is 5.69 Å². The van der Waals surface area contributed by atoms with E-state index < -0.39 is 11.2 Å². The average molecular weight is 233 g/mol. The predicted molar refractivity (Wildman–Crippen MR) is 65.9 cm³/mol. The van der Waals surface area contributed by atoms with Crippen LogP contribution in [-0.4, -0.2) is 21.3 Å². The lowest BCUT2D eigenvalue weighted by Crippen LogP contribution is -2.16. The highest BCUT2D eigenvalue weighted by Crippen LogP contribution is 2.14. The van der Waals surface area contributed by atoms with E-state index in [2.05, 4.69) is 17.6 Å². The summed E-state index contributed by atoms with van der Waals surface area (Å²) in [5, 5.41) is 9.11. The van der Waals surface area contributed by atoms with Crippen molar-refractivity contribution < 1.29 is 9.90 Å². The van der Waals surface area contributed by atoms with Gasteiger partial charge in [-0.25, -0.2) is 0 Å². The maximum Gasteiger partial charge on any atom is 0.316 e. The zero-order chi connectivity index (χ0) is 11.5. The predicted octanol–water partition coefficient (Wildman–Crippen LogP) is 2.16. The zero-order valence-electron chi connectivity index (χ0n) is 8.50. The fraction of sp³-hybridized carbons (Fsp3) is 0.167. The Kier molecular flexibility index (Phi) is 3.10. The Hall–Kier alpha value is -1.55. The summed E-state index contributed by atoms with van der Waals surface area (Å²) in [6.45, 7) is 0. The van der Waals surface area contributed by atoms with Crippen LogP contribution in [0.2, 0.25) is 0 Å². The molecule has 3 nitrogen and oxygen atoms in total. The van der Waals surface area contributed by atoms with Crippen LogP contribution in [0.4, 0.5) is 0 Å². The zero-order valence-corrected chi connectivity index (χ0v) is 9.39. The van der Waals surface area contributed by atoms with Gasteiger partial charge in [-0.15, -0.1) is 0 Å². The van der Waals surface area contributed by atoms with E-state index in [-0.39, 0.29) is 0 Å². The van der Waals surface area contributed by atoms with Crippen molar-refractivity contribution in [1.29, 1.82) is 0 Å². The molecule has 1 unspecified atom stereocenters. The molecule has 0 saturated carbocycles. The molecule has 0 amide bonds. The molecule has 82 valence electrons. The third kappa shape index (κ3) is 2.33. The Labute approximate surface area is 98.5 Å². The normalized spacial score (nSPS) is 12.6. The lowest BCUT2D eigenvalue weighted by molar-refractivity contribution is -0.136. The number of aromatic nitrogens is 1. The molecule has 1 aromatic heterocycles. The highest BCUT2D eigenvalue weighted by Gasteiger charge is 2.13. The van der Waals surface area contributed by atoms with E-state index in [4.69, 9.17) is 5.11 Å². The van der Waals surface area contributed by atoms with Gasteiger partial charge in [0, 0.05) is 17.5 Å². The first kappa shape index (κ1) is 11.0. The molecule has 1 heterocycles. The summed E-state index contributed by atoms with van der Waals surface area (Å²) >= 11 is 3.99. The van der Waals surface area contributed by atoms with Crippen LogP contribution in [0.5, 0.6) is 0 Å². The molecule has 0 spiro atoms. The van der Waals surface area contributed by atoms with Gasteiger partial charge in [0.25, 0.3) is 0 Å². The van der Waals surface area contributed by atoms with Crippen LogP contribution >= 0.6 is 12.6 Å². The number of thiol groups is 1. The molecule has 2 rings (SSSR count). The van der Waals surface area contributed by atoms with E-state index in [0.29, 0.717) is 6.42 Å². The monoisotopic (exact) mass is 233 g/mol. The summed E-state index contributed by atoms with van der Waals surface area (Å²) < 4.78 is 0. The van der Waals surface area contributed by atoms with Crippen LogP contribution in [0.25, 0.3) is 10.9 Å². The Morgan fingerprint density at radius 3 is 2.81 bits per heavy atom. The van der Waals surface area contributed by atoms with Crippen molar-refractivity contribution in [2.75, 3.05) is 0 Å². The van der Waals surface area contributed by atoms with E-state index in [9.17, 15) is 4.79 Å². The molecule has 0 radical (unpaired) electrons. The number of carbonyl (C=O) groups is 1. The minimum atomic E-state index is -0.918. The third-order valence-corrected chi connectivity index (χ3v) is 2.75. The van der Waals surface area contributed by atoms with E-state index >= 15 is 0 Å². The Balaban J connectivity index is 2.29. The van der Waals surface area contributed by atoms with E-state index in [1.54, 1.807) is 0 Å². The van der Waals surface area contributed by atoms with E-state index in [0.717, 1.165) is 16.6 Å². The van der Waals surface area contributed by atoms with Gasteiger partial charge in [0.05, 0.1) is 5.52 Å². The maximum atomic E-state index is 10.7. The fourth-order valence-electron chi connectivity index (χ4n) is 1.51. The largest absolute Gasteiger partial charge is 0.480 e. The second-order valence-corrected chi connectivity index (χ2v) is 4.18. The quantitative estimate of drug-likeness (QED) is 0.799. The lowest BCUT2D eigenvalue weighted by Gasteiger charge is -2.05. The van der Waals surface area contributed by atoms with Crippen LogP contribution in [0.15, 0.2) is 36.4 Å². The van der Waals surface area contributed by atoms with Gasteiger partial charge >= 0.3 is 5.97 Å². The van der Waals surface area contributed by atoms with Crippen molar-refractivity contribution >= 4 is 29.5 Å². The molecular weight excluding hydrogens is 222 g/mol. The van der Waals surface area contributed by atoms with Gasteiger partial charge in [0.2, 0.25) is 0 Å². The lowest BCUT2D eigenvalue weighted by atomic mass is 10.1. The van der Waals surface area contributed by atoms with Gasteiger partial charge in [-0.3, -0.25) is 9.78 Å². The van der Waals surface area contributed by atoms with Crippen molar-refractivity contribution in [3.05, 3.63) is 42.1 Å². The van der Waals surface area contributed by atoms with Crippen LogP contribution < -0.4 is 0 Å². The van der Waals surface area contributed by atoms with Gasteiger partial charge in [0.15, 0.2) is 0 Å². The second kappa shape index (κ2) is 4.53. The van der Waals surface area contributed by atoms with Crippen LogP contribution in [-0.2, 0) is 11.2 Å². The number of hydrogen-bond acceptors (Lipinski definition) is 3. The van der Waals surface area contributed by atoms with Crippen molar-refractivity contribution in [1.82, 2.24) is 4.98 Å². The molecule has 1 atom stereocenters. The summed E-state index contributed by atoms with van der Waals surface area (Å²) in [7, 11) is 0. The highest BCUT2D eigenvalue weighted by atomic mass is 32.1. The van der Waals surface area contributed by atoms with Crippen molar-refractivity contribution in [2.24, 2.45) is 0 Å². The molecule has 0 fully saturated rings. The highest BCUT2D eigenvalue weighted by molar-refractivity contribution is 7.81. The average Bonchev–Trinajstić information content (AvgIpc) is 2.28. The van der Waals surface area contributed by atoms with Crippen LogP contribution in [0.3, 0.4) is 0 Å². The summed E-state index contributed by atoms with van der Waals surface area (Å²) in [6, 6.07) is 11.5. The molecule has 0 aliphatic rings. The number of benzene rings is 1. The molecule has 4 heteroatoms. The smallest absolute Gasteiger partial charge is 0.316 e. The first-order chi connectivity index (χ1) is 7.66.